The molecule has 0 spiro atoms. The van der Waals surface area contributed by atoms with Crippen LogP contribution in [-0.2, 0) is 11.3 Å². The predicted octanol–water partition coefficient (Wildman–Crippen LogP) is 3.17. The van der Waals surface area contributed by atoms with Gasteiger partial charge in [-0.25, -0.2) is 4.68 Å². The van der Waals surface area contributed by atoms with Crippen LogP contribution in [-0.4, -0.2) is 28.5 Å². The van der Waals surface area contributed by atoms with E-state index >= 15 is 0 Å². The van der Waals surface area contributed by atoms with E-state index in [4.69, 9.17) is 4.74 Å². The van der Waals surface area contributed by atoms with Gasteiger partial charge >= 0.3 is 0 Å². The Morgan fingerprint density at radius 1 is 1.29 bits per heavy atom. The van der Waals surface area contributed by atoms with Gasteiger partial charge in [-0.1, -0.05) is 18.2 Å². The summed E-state index contributed by atoms with van der Waals surface area (Å²) < 4.78 is 7.39. The first-order chi connectivity index (χ1) is 10.0. The van der Waals surface area contributed by atoms with Crippen LogP contribution in [0.25, 0.3) is 5.69 Å². The lowest BCUT2D eigenvalue weighted by Crippen LogP contribution is -2.35. The van der Waals surface area contributed by atoms with Gasteiger partial charge in [-0.15, -0.1) is 0 Å². The molecule has 1 N–H and O–H groups in total. The van der Waals surface area contributed by atoms with Crippen LogP contribution in [0.2, 0.25) is 0 Å². The van der Waals surface area contributed by atoms with Crippen LogP contribution in [0.3, 0.4) is 0 Å². The molecule has 0 aliphatic heterocycles. The molecule has 0 amide bonds. The van der Waals surface area contributed by atoms with E-state index in [2.05, 4.69) is 49.4 Å². The number of para-hydroxylation sites is 1. The molecule has 21 heavy (non-hydrogen) atoms. The molecular weight excluding hydrogens is 262 g/mol. The molecule has 0 aliphatic rings. The first kappa shape index (κ1) is 15.7. The SMILES string of the molecule is COC(C)(C)CC(C)NCc1ccccc1-n1cccn1. The van der Waals surface area contributed by atoms with Crippen molar-refractivity contribution in [2.24, 2.45) is 0 Å². The van der Waals surface area contributed by atoms with Crippen molar-refractivity contribution in [2.75, 3.05) is 7.11 Å². The van der Waals surface area contributed by atoms with Gasteiger partial charge in [-0.2, -0.15) is 5.10 Å². The standard InChI is InChI=1S/C17H25N3O/c1-14(12-17(2,3)21-4)18-13-15-8-5-6-9-16(15)20-11-7-10-19-20/h5-11,14,18H,12-13H2,1-4H3. The molecule has 1 unspecified atom stereocenters. The molecule has 1 heterocycles. The van der Waals surface area contributed by atoms with E-state index in [1.807, 2.05) is 23.0 Å². The number of aromatic nitrogens is 2. The van der Waals surface area contributed by atoms with Crippen LogP contribution in [0.4, 0.5) is 0 Å². The van der Waals surface area contributed by atoms with E-state index in [1.165, 1.54) is 5.56 Å². The molecule has 1 atom stereocenters. The lowest BCUT2D eigenvalue weighted by atomic mass is 9.99. The van der Waals surface area contributed by atoms with Crippen LogP contribution >= 0.6 is 0 Å². The average molecular weight is 287 g/mol. The Morgan fingerprint density at radius 3 is 2.71 bits per heavy atom. The minimum Gasteiger partial charge on any atom is -0.379 e. The monoisotopic (exact) mass is 287 g/mol. The molecule has 0 saturated carbocycles. The third-order valence-corrected chi connectivity index (χ3v) is 3.73. The number of nitrogens with one attached hydrogen (secondary N) is 1. The Kier molecular flexibility index (Phi) is 5.15. The fourth-order valence-corrected chi connectivity index (χ4v) is 2.47. The summed E-state index contributed by atoms with van der Waals surface area (Å²) in [7, 11) is 1.76. The Balaban J connectivity index is 2.01. The van der Waals surface area contributed by atoms with Gasteiger partial charge in [0.15, 0.2) is 0 Å². The van der Waals surface area contributed by atoms with Crippen molar-refractivity contribution in [1.29, 1.82) is 0 Å². The smallest absolute Gasteiger partial charge is 0.0690 e. The topological polar surface area (TPSA) is 39.1 Å². The second-order valence-electron chi connectivity index (χ2n) is 6.03. The molecule has 2 rings (SSSR count). The van der Waals surface area contributed by atoms with E-state index in [-0.39, 0.29) is 5.60 Å². The first-order valence-electron chi connectivity index (χ1n) is 7.38. The van der Waals surface area contributed by atoms with Crippen molar-refractivity contribution in [3.8, 4) is 5.69 Å². The Bertz CT molecular complexity index is 549. The number of hydrogen-bond acceptors (Lipinski definition) is 3. The number of rotatable bonds is 7. The summed E-state index contributed by atoms with van der Waals surface area (Å²) in [5.74, 6) is 0. The molecule has 1 aromatic carbocycles. The van der Waals surface area contributed by atoms with Crippen molar-refractivity contribution in [3.63, 3.8) is 0 Å². The van der Waals surface area contributed by atoms with Crippen LogP contribution in [0.1, 0.15) is 32.8 Å². The van der Waals surface area contributed by atoms with Gasteiger partial charge in [-0.05, 0) is 44.9 Å². The second kappa shape index (κ2) is 6.87. The van der Waals surface area contributed by atoms with E-state index in [1.54, 1.807) is 13.3 Å². The maximum absolute atomic E-state index is 5.49. The normalized spacial score (nSPS) is 13.3. The quantitative estimate of drug-likeness (QED) is 0.850. The van der Waals surface area contributed by atoms with Crippen molar-refractivity contribution in [3.05, 3.63) is 48.3 Å². The van der Waals surface area contributed by atoms with Crippen molar-refractivity contribution in [2.45, 2.75) is 45.4 Å². The highest BCUT2D eigenvalue weighted by molar-refractivity contribution is 5.40. The van der Waals surface area contributed by atoms with Crippen molar-refractivity contribution < 1.29 is 4.74 Å². The summed E-state index contributed by atoms with van der Waals surface area (Å²) in [6.07, 6.45) is 4.73. The summed E-state index contributed by atoms with van der Waals surface area (Å²) in [5, 5.41) is 7.89. The van der Waals surface area contributed by atoms with Gasteiger partial charge in [-0.3, -0.25) is 0 Å². The Labute approximate surface area is 127 Å². The summed E-state index contributed by atoms with van der Waals surface area (Å²) >= 11 is 0. The lowest BCUT2D eigenvalue weighted by Gasteiger charge is -2.27. The van der Waals surface area contributed by atoms with Gasteiger partial charge in [0.25, 0.3) is 0 Å². The molecule has 0 fully saturated rings. The average Bonchev–Trinajstić information content (AvgIpc) is 2.99. The zero-order valence-electron chi connectivity index (χ0n) is 13.3. The van der Waals surface area contributed by atoms with E-state index < -0.39 is 0 Å². The lowest BCUT2D eigenvalue weighted by molar-refractivity contribution is 0.00844. The summed E-state index contributed by atoms with van der Waals surface area (Å²) in [4.78, 5) is 0. The molecule has 0 bridgehead atoms. The number of benzene rings is 1. The third kappa shape index (κ3) is 4.41. The van der Waals surface area contributed by atoms with Crippen LogP contribution in [0, 0.1) is 0 Å². The Hall–Kier alpha value is -1.65. The number of methoxy groups -OCH3 is 1. The van der Waals surface area contributed by atoms with Crippen molar-refractivity contribution >= 4 is 0 Å². The fraction of sp³-hybridized carbons (Fsp3) is 0.471. The van der Waals surface area contributed by atoms with Gasteiger partial charge < -0.3 is 10.1 Å². The third-order valence-electron chi connectivity index (χ3n) is 3.73. The zero-order valence-corrected chi connectivity index (χ0v) is 13.3. The second-order valence-corrected chi connectivity index (χ2v) is 6.03. The van der Waals surface area contributed by atoms with Crippen LogP contribution in [0.15, 0.2) is 42.7 Å². The summed E-state index contributed by atoms with van der Waals surface area (Å²) in [6, 6.07) is 10.6. The molecular formula is C17H25N3O. The highest BCUT2D eigenvalue weighted by Crippen LogP contribution is 2.17. The number of nitrogens with zero attached hydrogens (tertiary/aromatic N) is 2. The number of ether oxygens (including phenoxy) is 1. The molecule has 1 aromatic heterocycles. The molecule has 2 aromatic rings. The van der Waals surface area contributed by atoms with Gasteiger partial charge in [0.1, 0.15) is 0 Å². The van der Waals surface area contributed by atoms with Crippen molar-refractivity contribution in [1.82, 2.24) is 15.1 Å². The fourth-order valence-electron chi connectivity index (χ4n) is 2.47. The predicted molar refractivity (Wildman–Crippen MR) is 85.6 cm³/mol. The zero-order chi connectivity index (χ0) is 15.3. The maximum atomic E-state index is 5.49. The Morgan fingerprint density at radius 2 is 2.05 bits per heavy atom. The molecule has 0 saturated heterocycles. The molecule has 114 valence electrons. The molecule has 4 heteroatoms. The van der Waals surface area contributed by atoms with E-state index in [0.29, 0.717) is 6.04 Å². The molecule has 0 radical (unpaired) electrons. The first-order valence-corrected chi connectivity index (χ1v) is 7.38. The van der Waals surface area contributed by atoms with Gasteiger partial charge in [0, 0.05) is 32.1 Å². The highest BCUT2D eigenvalue weighted by atomic mass is 16.5. The minimum absolute atomic E-state index is 0.103. The summed E-state index contributed by atoms with van der Waals surface area (Å²) in [5.41, 5.74) is 2.25. The maximum Gasteiger partial charge on any atom is 0.0690 e. The summed E-state index contributed by atoms with van der Waals surface area (Å²) in [6.45, 7) is 7.24. The van der Waals surface area contributed by atoms with Crippen LogP contribution in [0.5, 0.6) is 0 Å². The van der Waals surface area contributed by atoms with Gasteiger partial charge in [0.05, 0.1) is 11.3 Å². The largest absolute Gasteiger partial charge is 0.379 e. The molecule has 4 nitrogen and oxygen atoms in total. The van der Waals surface area contributed by atoms with Gasteiger partial charge in [0.2, 0.25) is 0 Å². The minimum atomic E-state index is -0.103. The van der Waals surface area contributed by atoms with E-state index in [9.17, 15) is 0 Å². The number of hydrogen-bond donors (Lipinski definition) is 1. The molecule has 0 aliphatic carbocycles. The van der Waals surface area contributed by atoms with Crippen LogP contribution < -0.4 is 5.32 Å². The van der Waals surface area contributed by atoms with E-state index in [0.717, 1.165) is 18.7 Å². The highest BCUT2D eigenvalue weighted by Gasteiger charge is 2.20.